The number of hydrogen-bond donors (Lipinski definition) is 1. The van der Waals surface area contributed by atoms with Crippen molar-refractivity contribution in [3.05, 3.63) is 113 Å². The molecule has 1 amide bonds. The highest BCUT2D eigenvalue weighted by molar-refractivity contribution is 6.30. The van der Waals surface area contributed by atoms with Gasteiger partial charge in [0.15, 0.2) is 0 Å². The zero-order valence-electron chi connectivity index (χ0n) is 25.2. The van der Waals surface area contributed by atoms with Crippen LogP contribution in [0.15, 0.2) is 79.1 Å². The van der Waals surface area contributed by atoms with E-state index in [9.17, 15) is 9.18 Å². The van der Waals surface area contributed by atoms with Crippen LogP contribution >= 0.6 is 11.6 Å². The van der Waals surface area contributed by atoms with E-state index < -0.39 is 0 Å². The highest BCUT2D eigenvalue weighted by Gasteiger charge is 2.26. The number of hydrogen-bond acceptors (Lipinski definition) is 7. The highest BCUT2D eigenvalue weighted by atomic mass is 35.5. The van der Waals surface area contributed by atoms with E-state index in [2.05, 4.69) is 24.8 Å². The lowest BCUT2D eigenvalue weighted by molar-refractivity contribution is -0.0592. The number of carbonyl (C=O) groups excluding carboxylic acids is 1. The van der Waals surface area contributed by atoms with Crippen molar-refractivity contribution in [2.45, 2.75) is 51.0 Å². The Hall–Kier alpha value is -4.38. The number of rotatable bonds is 10. The average Bonchev–Trinajstić information content (AvgIpc) is 3.37. The molecule has 9 nitrogen and oxygen atoms in total. The Morgan fingerprint density at radius 3 is 2.67 bits per heavy atom. The van der Waals surface area contributed by atoms with E-state index in [1.54, 1.807) is 36.7 Å². The summed E-state index contributed by atoms with van der Waals surface area (Å²) in [6.45, 7) is 3.95. The molecule has 2 aromatic carbocycles. The number of nitrogens with one attached hydrogen (secondary N) is 1. The summed E-state index contributed by atoms with van der Waals surface area (Å²) in [4.78, 5) is 28.8. The van der Waals surface area contributed by atoms with Gasteiger partial charge >= 0.3 is 0 Å². The van der Waals surface area contributed by atoms with Crippen molar-refractivity contribution < 1.29 is 18.7 Å². The maximum atomic E-state index is 14.3. The lowest BCUT2D eigenvalue weighted by atomic mass is 10.1. The van der Waals surface area contributed by atoms with Gasteiger partial charge in [0.25, 0.3) is 5.91 Å². The number of aromatic nitrogens is 4. The third-order valence-corrected chi connectivity index (χ3v) is 8.78. The molecule has 2 saturated heterocycles. The summed E-state index contributed by atoms with van der Waals surface area (Å²) in [5.41, 5.74) is 4.33. The molecule has 1 atom stereocenters. The fraction of sp³-hybridized carbons (Fsp3) is 0.314. The second-order valence-electron chi connectivity index (χ2n) is 11.8. The van der Waals surface area contributed by atoms with Crippen molar-refractivity contribution in [3.8, 4) is 5.88 Å². The van der Waals surface area contributed by atoms with Crippen LogP contribution in [-0.2, 0) is 24.2 Å². The lowest BCUT2D eigenvalue weighted by Gasteiger charge is -2.32. The maximum absolute atomic E-state index is 14.3. The van der Waals surface area contributed by atoms with E-state index >= 15 is 0 Å². The molecule has 0 spiro atoms. The first-order chi connectivity index (χ1) is 22.5. The van der Waals surface area contributed by atoms with Gasteiger partial charge in [0, 0.05) is 61.0 Å². The van der Waals surface area contributed by atoms with E-state index in [0.29, 0.717) is 40.7 Å². The Balaban J connectivity index is 0.996. The van der Waals surface area contributed by atoms with Crippen LogP contribution in [0.5, 0.6) is 5.88 Å². The zero-order valence-corrected chi connectivity index (χ0v) is 26.0. The molecule has 236 valence electrons. The maximum Gasteiger partial charge on any atom is 0.257 e. The number of fused-ring (bicyclic) bond motifs is 1. The van der Waals surface area contributed by atoms with E-state index in [-0.39, 0.29) is 23.9 Å². The predicted octanol–water partition coefficient (Wildman–Crippen LogP) is 6.29. The minimum Gasteiger partial charge on any atom is -0.474 e. The molecule has 46 heavy (non-hydrogen) atoms. The van der Waals surface area contributed by atoms with Gasteiger partial charge in [0.2, 0.25) is 5.88 Å². The summed E-state index contributed by atoms with van der Waals surface area (Å²) in [6.07, 6.45) is 6.52. The zero-order chi connectivity index (χ0) is 31.5. The van der Waals surface area contributed by atoms with Crippen LogP contribution in [0.4, 0.5) is 10.1 Å². The van der Waals surface area contributed by atoms with E-state index in [0.717, 1.165) is 68.1 Å². The third kappa shape index (κ3) is 7.04. The molecule has 0 saturated carbocycles. The predicted molar refractivity (Wildman–Crippen MR) is 174 cm³/mol. The fourth-order valence-electron chi connectivity index (χ4n) is 5.95. The first-order valence-electron chi connectivity index (χ1n) is 15.6. The second-order valence-corrected chi connectivity index (χ2v) is 12.2. The first kappa shape index (κ1) is 30.3. The minimum absolute atomic E-state index is 0.0412. The summed E-state index contributed by atoms with van der Waals surface area (Å²) in [7, 11) is 0. The van der Waals surface area contributed by atoms with Gasteiger partial charge in [-0.3, -0.25) is 14.7 Å². The topological polar surface area (TPSA) is 94.4 Å². The number of likely N-dealkylation sites (tertiary alicyclic amines) is 1. The quantitative estimate of drug-likeness (QED) is 0.192. The Morgan fingerprint density at radius 2 is 1.91 bits per heavy atom. The molecule has 2 aliphatic heterocycles. The van der Waals surface area contributed by atoms with Crippen LogP contribution in [0.1, 0.15) is 46.7 Å². The SMILES string of the molecule is O=C(Nc1ccc2c(c1)nc(CN1CCC(Oc3cccc(Cc4ccc(Cl)cc4F)n3)CC1)n2C[C@@H]1CCO1)c1cccnc1. The smallest absolute Gasteiger partial charge is 0.257 e. The van der Waals surface area contributed by atoms with Crippen molar-refractivity contribution in [3.63, 3.8) is 0 Å². The summed E-state index contributed by atoms with van der Waals surface area (Å²) in [5.74, 6) is 0.982. The first-order valence-corrected chi connectivity index (χ1v) is 16.0. The van der Waals surface area contributed by atoms with Crippen LogP contribution < -0.4 is 10.1 Å². The van der Waals surface area contributed by atoms with Gasteiger partial charge in [-0.1, -0.05) is 23.7 Å². The molecule has 0 aliphatic carbocycles. The molecule has 1 N–H and O–H groups in total. The second kappa shape index (κ2) is 13.5. The molecule has 5 aromatic rings. The third-order valence-electron chi connectivity index (χ3n) is 8.54. The number of pyridine rings is 2. The van der Waals surface area contributed by atoms with Crippen molar-refractivity contribution >= 4 is 34.2 Å². The van der Waals surface area contributed by atoms with Crippen molar-refractivity contribution in [2.75, 3.05) is 25.0 Å². The molecule has 0 unspecified atom stereocenters. The normalized spacial score (nSPS) is 17.1. The lowest BCUT2D eigenvalue weighted by Crippen LogP contribution is -2.39. The number of piperidine rings is 1. The Kier molecular flexibility index (Phi) is 8.91. The molecule has 0 bridgehead atoms. The standard InChI is InChI=1S/C35H34ClFN6O3/c36-25-7-6-23(30(37)18-25)17-26-4-1-5-34(39-26)46-28-10-14-42(15-11-28)22-33-41-31-19-27(40-35(44)24-3-2-13-38-20-24)8-9-32(31)43(33)21-29-12-16-45-29/h1-9,13,18-20,28-29H,10-12,14-17,21-22H2,(H,40,44)/t29-/m0/s1. The summed E-state index contributed by atoms with van der Waals surface area (Å²) in [5, 5.41) is 3.34. The number of halogens is 2. The number of imidazole rings is 1. The Labute approximate surface area is 271 Å². The molecule has 2 fully saturated rings. The van der Waals surface area contributed by atoms with Crippen LogP contribution in [0, 0.1) is 5.82 Å². The highest BCUT2D eigenvalue weighted by Crippen LogP contribution is 2.26. The number of benzene rings is 2. The number of carbonyl (C=O) groups is 1. The number of amides is 1. The average molecular weight is 641 g/mol. The molecule has 2 aliphatic rings. The van der Waals surface area contributed by atoms with E-state index in [1.807, 2.05) is 36.4 Å². The monoisotopic (exact) mass is 640 g/mol. The fourth-order valence-corrected chi connectivity index (χ4v) is 6.11. The van der Waals surface area contributed by atoms with Gasteiger partial charge in [-0.15, -0.1) is 0 Å². The Morgan fingerprint density at radius 1 is 1.04 bits per heavy atom. The van der Waals surface area contributed by atoms with Gasteiger partial charge in [0.1, 0.15) is 17.7 Å². The van der Waals surface area contributed by atoms with Crippen LogP contribution in [0.2, 0.25) is 5.02 Å². The van der Waals surface area contributed by atoms with Crippen LogP contribution in [0.25, 0.3) is 11.0 Å². The van der Waals surface area contributed by atoms with Crippen LogP contribution in [-0.4, -0.2) is 62.2 Å². The van der Waals surface area contributed by atoms with Crippen molar-refractivity contribution in [1.82, 2.24) is 24.4 Å². The Bertz CT molecular complexity index is 1840. The molecular formula is C35H34ClFN6O3. The van der Waals surface area contributed by atoms with Crippen LogP contribution in [0.3, 0.4) is 0 Å². The van der Waals surface area contributed by atoms with Crippen molar-refractivity contribution in [2.24, 2.45) is 0 Å². The summed E-state index contributed by atoms with van der Waals surface area (Å²) >= 11 is 5.90. The molecule has 7 rings (SSSR count). The summed E-state index contributed by atoms with van der Waals surface area (Å²) in [6, 6.07) is 19.7. The van der Waals surface area contributed by atoms with Gasteiger partial charge in [-0.2, -0.15) is 0 Å². The van der Waals surface area contributed by atoms with Gasteiger partial charge in [-0.25, -0.2) is 14.4 Å². The number of ether oxygens (including phenoxy) is 2. The number of nitrogens with zero attached hydrogens (tertiary/aromatic N) is 5. The molecule has 5 heterocycles. The molecule has 11 heteroatoms. The molecule has 0 radical (unpaired) electrons. The molecular weight excluding hydrogens is 607 g/mol. The van der Waals surface area contributed by atoms with Gasteiger partial charge < -0.3 is 19.4 Å². The van der Waals surface area contributed by atoms with Gasteiger partial charge in [0.05, 0.1) is 35.8 Å². The minimum atomic E-state index is -0.338. The van der Waals surface area contributed by atoms with E-state index in [4.69, 9.17) is 26.1 Å². The van der Waals surface area contributed by atoms with E-state index in [1.165, 1.54) is 6.07 Å². The largest absolute Gasteiger partial charge is 0.474 e. The van der Waals surface area contributed by atoms with Crippen molar-refractivity contribution in [1.29, 1.82) is 0 Å². The molecule has 3 aromatic heterocycles. The van der Waals surface area contributed by atoms with Gasteiger partial charge in [-0.05, 0) is 73.4 Å². The number of anilines is 1. The summed E-state index contributed by atoms with van der Waals surface area (Å²) < 4.78 is 28.6.